The molecule has 2 aliphatic rings. The summed E-state index contributed by atoms with van der Waals surface area (Å²) in [5, 5.41) is 7.90. The largest absolute Gasteiger partial charge is 0.444 e. The Kier molecular flexibility index (Phi) is 8.32. The van der Waals surface area contributed by atoms with Crippen LogP contribution in [0.3, 0.4) is 0 Å². The molecule has 1 aliphatic heterocycles. The number of nitrogens with one attached hydrogen (secondary N) is 3. The van der Waals surface area contributed by atoms with Gasteiger partial charge in [-0.15, -0.1) is 0 Å². The van der Waals surface area contributed by atoms with Crippen LogP contribution >= 0.6 is 0 Å². The summed E-state index contributed by atoms with van der Waals surface area (Å²) in [4.78, 5) is 64.1. The van der Waals surface area contributed by atoms with E-state index in [1.165, 1.54) is 11.0 Å². The number of alkyl carbamates (subject to hydrolysis) is 1. The van der Waals surface area contributed by atoms with Gasteiger partial charge in [-0.05, 0) is 69.5 Å². The average Bonchev–Trinajstić information content (AvgIpc) is 3.15. The van der Waals surface area contributed by atoms with Crippen molar-refractivity contribution in [3.63, 3.8) is 0 Å². The molecule has 206 valence electrons. The van der Waals surface area contributed by atoms with E-state index in [1.54, 1.807) is 57.2 Å². The first-order valence-corrected chi connectivity index (χ1v) is 13.2. The summed E-state index contributed by atoms with van der Waals surface area (Å²) in [6, 6.07) is 11.4. The number of benzene rings is 2. The Hall–Kier alpha value is -4.21. The van der Waals surface area contributed by atoms with Crippen LogP contribution in [-0.4, -0.2) is 52.8 Å². The summed E-state index contributed by atoms with van der Waals surface area (Å²) < 4.78 is 5.10. The molecule has 10 nitrogen and oxygen atoms in total. The summed E-state index contributed by atoms with van der Waals surface area (Å²) in [5.74, 6) is -1.44. The molecule has 0 unspecified atom stereocenters. The minimum atomic E-state index is -0.679. The van der Waals surface area contributed by atoms with Crippen molar-refractivity contribution in [2.75, 3.05) is 11.9 Å². The highest BCUT2D eigenvalue weighted by molar-refractivity contribution is 6.22. The van der Waals surface area contributed by atoms with Crippen LogP contribution in [0.2, 0.25) is 0 Å². The maximum atomic E-state index is 13.1. The quantitative estimate of drug-likeness (QED) is 0.460. The summed E-state index contributed by atoms with van der Waals surface area (Å²) in [6.07, 6.45) is 4.06. The fraction of sp³-hybridized carbons (Fsp3) is 0.414. The van der Waals surface area contributed by atoms with Gasteiger partial charge in [-0.25, -0.2) is 4.79 Å². The van der Waals surface area contributed by atoms with E-state index in [0.717, 1.165) is 37.7 Å². The molecule has 10 heteroatoms. The van der Waals surface area contributed by atoms with Crippen molar-refractivity contribution in [1.82, 2.24) is 15.5 Å². The lowest BCUT2D eigenvalue weighted by Gasteiger charge is -2.29. The highest BCUT2D eigenvalue weighted by atomic mass is 16.6. The van der Waals surface area contributed by atoms with Gasteiger partial charge in [0.15, 0.2) is 0 Å². The molecule has 39 heavy (non-hydrogen) atoms. The van der Waals surface area contributed by atoms with Gasteiger partial charge in [-0.1, -0.05) is 31.4 Å². The monoisotopic (exact) mass is 534 g/mol. The second-order valence-corrected chi connectivity index (χ2v) is 10.8. The molecule has 3 N–H and O–H groups in total. The normalized spacial score (nSPS) is 15.5. The Morgan fingerprint density at radius 1 is 0.923 bits per heavy atom. The summed E-state index contributed by atoms with van der Waals surface area (Å²) in [6.45, 7) is 5.15. The van der Waals surface area contributed by atoms with Gasteiger partial charge in [0.25, 0.3) is 17.7 Å². The number of anilines is 1. The molecular formula is C29H34N4O6. The highest BCUT2D eigenvalue weighted by Crippen LogP contribution is 2.31. The molecule has 2 aromatic rings. The number of imide groups is 1. The summed E-state index contributed by atoms with van der Waals surface area (Å²) in [7, 11) is 0. The first-order valence-electron chi connectivity index (χ1n) is 13.2. The van der Waals surface area contributed by atoms with E-state index >= 15 is 0 Å². The van der Waals surface area contributed by atoms with Gasteiger partial charge in [0.05, 0.1) is 11.1 Å². The Morgan fingerprint density at radius 3 is 2.36 bits per heavy atom. The summed E-state index contributed by atoms with van der Waals surface area (Å²) in [5.41, 5.74) is 1.44. The molecular weight excluding hydrogens is 500 g/mol. The zero-order chi connectivity index (χ0) is 28.2. The molecule has 5 amide bonds. The van der Waals surface area contributed by atoms with Crippen molar-refractivity contribution >= 4 is 35.4 Å². The Morgan fingerprint density at radius 2 is 1.64 bits per heavy atom. The number of ether oxygens (including phenoxy) is 1. The minimum Gasteiger partial charge on any atom is -0.444 e. The molecule has 0 radical (unpaired) electrons. The van der Waals surface area contributed by atoms with E-state index in [2.05, 4.69) is 16.0 Å². The van der Waals surface area contributed by atoms with Crippen LogP contribution in [0.15, 0.2) is 42.5 Å². The molecule has 1 saturated carbocycles. The minimum absolute atomic E-state index is 0.0836. The van der Waals surface area contributed by atoms with Crippen molar-refractivity contribution in [2.45, 2.75) is 71.1 Å². The molecule has 0 saturated heterocycles. The third kappa shape index (κ3) is 7.01. The standard InChI is InChI=1S/C29H34N4O6/c1-29(2,3)39-28(38)31-17-24(34)30-16-18-8-7-9-20(14-18)32-25(35)19-12-13-22-23(15-19)27(37)33(26(22)36)21-10-5-4-6-11-21/h7-9,12-15,21H,4-6,10-11,16-17H2,1-3H3,(H,30,34)(H,31,38)(H,32,35). The van der Waals surface area contributed by atoms with Gasteiger partial charge >= 0.3 is 6.09 Å². The predicted molar refractivity (Wildman–Crippen MR) is 144 cm³/mol. The Labute approximate surface area is 227 Å². The van der Waals surface area contributed by atoms with E-state index in [-0.39, 0.29) is 42.1 Å². The van der Waals surface area contributed by atoms with Gasteiger partial charge in [0.1, 0.15) is 12.1 Å². The number of nitrogens with zero attached hydrogens (tertiary/aromatic N) is 1. The number of fused-ring (bicyclic) bond motifs is 1. The predicted octanol–water partition coefficient (Wildman–Crippen LogP) is 4.01. The number of carbonyl (C=O) groups excluding carboxylic acids is 5. The van der Waals surface area contributed by atoms with Crippen LogP contribution in [0.25, 0.3) is 0 Å². The molecule has 0 aromatic heterocycles. The zero-order valence-corrected chi connectivity index (χ0v) is 22.5. The number of carbonyl (C=O) groups is 5. The average molecular weight is 535 g/mol. The topological polar surface area (TPSA) is 134 Å². The van der Waals surface area contributed by atoms with Gasteiger partial charge in [-0.3, -0.25) is 24.1 Å². The molecule has 0 atom stereocenters. The lowest BCUT2D eigenvalue weighted by Crippen LogP contribution is -2.40. The maximum Gasteiger partial charge on any atom is 0.408 e. The van der Waals surface area contributed by atoms with Gasteiger partial charge in [0.2, 0.25) is 5.91 Å². The van der Waals surface area contributed by atoms with Crippen molar-refractivity contribution in [1.29, 1.82) is 0 Å². The van der Waals surface area contributed by atoms with Crippen molar-refractivity contribution in [2.24, 2.45) is 0 Å². The fourth-order valence-corrected chi connectivity index (χ4v) is 4.76. The van der Waals surface area contributed by atoms with Crippen LogP contribution in [0.4, 0.5) is 10.5 Å². The van der Waals surface area contributed by atoms with Crippen LogP contribution in [0.1, 0.15) is 89.5 Å². The van der Waals surface area contributed by atoms with Crippen LogP contribution in [0.5, 0.6) is 0 Å². The molecule has 2 aromatic carbocycles. The van der Waals surface area contributed by atoms with E-state index in [0.29, 0.717) is 11.3 Å². The van der Waals surface area contributed by atoms with Crippen molar-refractivity contribution in [3.05, 3.63) is 64.7 Å². The molecule has 1 heterocycles. The Balaban J connectivity index is 1.33. The lowest BCUT2D eigenvalue weighted by molar-refractivity contribution is -0.120. The molecule has 4 rings (SSSR count). The molecule has 0 spiro atoms. The second-order valence-electron chi connectivity index (χ2n) is 10.8. The van der Waals surface area contributed by atoms with Crippen molar-refractivity contribution < 1.29 is 28.7 Å². The lowest BCUT2D eigenvalue weighted by atomic mass is 9.94. The van der Waals surface area contributed by atoms with E-state index in [1.807, 2.05) is 0 Å². The van der Waals surface area contributed by atoms with E-state index in [9.17, 15) is 24.0 Å². The second kappa shape index (κ2) is 11.7. The highest BCUT2D eigenvalue weighted by Gasteiger charge is 2.40. The van der Waals surface area contributed by atoms with E-state index < -0.39 is 23.5 Å². The number of hydrogen-bond donors (Lipinski definition) is 3. The number of amides is 5. The molecule has 0 bridgehead atoms. The maximum absolute atomic E-state index is 13.1. The molecule has 1 fully saturated rings. The number of hydrogen-bond acceptors (Lipinski definition) is 6. The van der Waals surface area contributed by atoms with Crippen LogP contribution in [0, 0.1) is 0 Å². The smallest absolute Gasteiger partial charge is 0.408 e. The SMILES string of the molecule is CC(C)(C)OC(=O)NCC(=O)NCc1cccc(NC(=O)c2ccc3c(c2)C(=O)N(C2CCCCC2)C3=O)c1. The van der Waals surface area contributed by atoms with Gasteiger partial charge < -0.3 is 20.7 Å². The van der Waals surface area contributed by atoms with Crippen molar-refractivity contribution in [3.8, 4) is 0 Å². The third-order valence-electron chi connectivity index (χ3n) is 6.59. The Bertz CT molecular complexity index is 1290. The third-order valence-corrected chi connectivity index (χ3v) is 6.59. The van der Waals surface area contributed by atoms with Crippen LogP contribution in [-0.2, 0) is 16.1 Å². The number of rotatable bonds is 7. The zero-order valence-electron chi connectivity index (χ0n) is 22.5. The fourth-order valence-electron chi connectivity index (χ4n) is 4.76. The van der Waals surface area contributed by atoms with Gasteiger partial charge in [0, 0.05) is 23.8 Å². The van der Waals surface area contributed by atoms with Gasteiger partial charge in [-0.2, -0.15) is 0 Å². The van der Waals surface area contributed by atoms with E-state index in [4.69, 9.17) is 4.74 Å². The summed E-state index contributed by atoms with van der Waals surface area (Å²) >= 11 is 0. The molecule has 1 aliphatic carbocycles. The first-order chi connectivity index (χ1) is 18.5. The van der Waals surface area contributed by atoms with Crippen LogP contribution < -0.4 is 16.0 Å². The first kappa shape index (κ1) is 27.8.